The molecule has 0 atom stereocenters. The lowest BCUT2D eigenvalue weighted by molar-refractivity contribution is 0.00563. The van der Waals surface area contributed by atoms with Gasteiger partial charge in [0.25, 0.3) is 0 Å². The first-order valence-corrected chi connectivity index (χ1v) is 7.76. The fourth-order valence-electron chi connectivity index (χ4n) is 2.52. The lowest BCUT2D eigenvalue weighted by atomic mass is 9.84. The van der Waals surface area contributed by atoms with Crippen molar-refractivity contribution in [3.63, 3.8) is 0 Å². The van der Waals surface area contributed by atoms with Gasteiger partial charge in [0.2, 0.25) is 0 Å². The molecule has 0 unspecified atom stereocenters. The zero-order valence-corrected chi connectivity index (χ0v) is 14.5. The maximum atomic E-state index is 5.92. The van der Waals surface area contributed by atoms with Crippen LogP contribution in [0.25, 0.3) is 0 Å². The molecule has 0 radical (unpaired) electrons. The summed E-state index contributed by atoms with van der Waals surface area (Å²) in [4.78, 5) is 0. The second-order valence-electron chi connectivity index (χ2n) is 7.17. The van der Waals surface area contributed by atoms with E-state index < -0.39 is 0 Å². The van der Waals surface area contributed by atoms with Crippen LogP contribution in [-0.2, 0) is 4.74 Å². The van der Waals surface area contributed by atoms with E-state index >= 15 is 0 Å². The Kier molecular flexibility index (Phi) is 11.1. The minimum absolute atomic E-state index is 0.316. The summed E-state index contributed by atoms with van der Waals surface area (Å²) in [5.41, 5.74) is 0.652. The Morgan fingerprint density at radius 2 is 1.33 bits per heavy atom. The number of hydrogen-bond acceptors (Lipinski definition) is 1. The highest BCUT2D eigenvalue weighted by atomic mass is 16.5. The van der Waals surface area contributed by atoms with Crippen molar-refractivity contribution in [2.45, 2.75) is 81.6 Å². The fraction of sp³-hybridized carbons (Fsp3) is 1.00. The predicted octanol–water partition coefficient (Wildman–Crippen LogP) is 5.93. The summed E-state index contributed by atoms with van der Waals surface area (Å²) in [7, 11) is 0. The summed E-state index contributed by atoms with van der Waals surface area (Å²) < 4.78 is 5.92. The predicted molar refractivity (Wildman–Crippen MR) is 84.1 cm³/mol. The smallest absolute Gasteiger partial charge is 0.0517 e. The van der Waals surface area contributed by atoms with Gasteiger partial charge in [0.05, 0.1) is 13.2 Å². The van der Waals surface area contributed by atoms with Crippen LogP contribution in [0, 0.1) is 16.7 Å². The maximum absolute atomic E-state index is 5.92. The van der Waals surface area contributed by atoms with Gasteiger partial charge in [-0.2, -0.15) is 0 Å². The highest BCUT2D eigenvalue weighted by Gasteiger charge is 2.22. The standard InChI is InChI=1S/C15H32O.C2H6/c1-8-9-14(4,5)11-16-12-15(6,7)10-13(2)3;1-2/h13H,8-12H2,1-7H3;1-2H3. The van der Waals surface area contributed by atoms with Crippen LogP contribution < -0.4 is 0 Å². The summed E-state index contributed by atoms with van der Waals surface area (Å²) in [6.07, 6.45) is 3.73. The van der Waals surface area contributed by atoms with Gasteiger partial charge in [-0.15, -0.1) is 0 Å². The molecule has 0 amide bonds. The van der Waals surface area contributed by atoms with Crippen LogP contribution in [0.5, 0.6) is 0 Å². The summed E-state index contributed by atoms with van der Waals surface area (Å²) in [5, 5.41) is 0. The Balaban J connectivity index is 0. The summed E-state index contributed by atoms with van der Waals surface area (Å²) >= 11 is 0. The number of rotatable bonds is 8. The van der Waals surface area contributed by atoms with E-state index in [2.05, 4.69) is 48.5 Å². The van der Waals surface area contributed by atoms with Gasteiger partial charge in [-0.05, 0) is 29.6 Å². The first kappa shape index (κ1) is 20.3. The maximum Gasteiger partial charge on any atom is 0.0517 e. The molecule has 0 aromatic carbocycles. The van der Waals surface area contributed by atoms with Crippen molar-refractivity contribution in [2.75, 3.05) is 13.2 Å². The average Bonchev–Trinajstić information content (AvgIpc) is 2.17. The van der Waals surface area contributed by atoms with E-state index in [0.29, 0.717) is 10.8 Å². The van der Waals surface area contributed by atoms with Crippen LogP contribution in [0.4, 0.5) is 0 Å². The van der Waals surface area contributed by atoms with Gasteiger partial charge in [0, 0.05) is 0 Å². The monoisotopic (exact) mass is 258 g/mol. The van der Waals surface area contributed by atoms with Crippen LogP contribution in [0.3, 0.4) is 0 Å². The van der Waals surface area contributed by atoms with Crippen LogP contribution in [0.15, 0.2) is 0 Å². The highest BCUT2D eigenvalue weighted by molar-refractivity contribution is 4.72. The number of hydrogen-bond donors (Lipinski definition) is 0. The van der Waals surface area contributed by atoms with Gasteiger partial charge in [-0.25, -0.2) is 0 Å². The van der Waals surface area contributed by atoms with Gasteiger partial charge in [0.1, 0.15) is 0 Å². The summed E-state index contributed by atoms with van der Waals surface area (Å²) in [6, 6.07) is 0. The molecule has 0 fully saturated rings. The van der Waals surface area contributed by atoms with Gasteiger partial charge in [-0.3, -0.25) is 0 Å². The van der Waals surface area contributed by atoms with Crippen molar-refractivity contribution in [3.05, 3.63) is 0 Å². The molecule has 0 saturated heterocycles. The SMILES string of the molecule is CC.CCCC(C)(C)COCC(C)(C)CC(C)C. The summed E-state index contributed by atoms with van der Waals surface area (Å²) in [5.74, 6) is 0.752. The van der Waals surface area contributed by atoms with Gasteiger partial charge >= 0.3 is 0 Å². The van der Waals surface area contributed by atoms with E-state index in [1.54, 1.807) is 0 Å². The van der Waals surface area contributed by atoms with Gasteiger partial charge < -0.3 is 4.74 Å². The van der Waals surface area contributed by atoms with E-state index in [-0.39, 0.29) is 0 Å². The molecule has 18 heavy (non-hydrogen) atoms. The number of ether oxygens (including phenoxy) is 1. The van der Waals surface area contributed by atoms with Crippen molar-refractivity contribution in [3.8, 4) is 0 Å². The molecule has 0 aliphatic heterocycles. The van der Waals surface area contributed by atoms with Gasteiger partial charge in [-0.1, -0.05) is 68.7 Å². The molecule has 112 valence electrons. The van der Waals surface area contributed by atoms with Crippen molar-refractivity contribution in [1.29, 1.82) is 0 Å². The Morgan fingerprint density at radius 1 is 0.889 bits per heavy atom. The summed E-state index contributed by atoms with van der Waals surface area (Å²) in [6.45, 7) is 21.8. The van der Waals surface area contributed by atoms with Crippen LogP contribution in [0.1, 0.15) is 81.6 Å². The third-order valence-corrected chi connectivity index (χ3v) is 2.87. The van der Waals surface area contributed by atoms with Crippen molar-refractivity contribution in [1.82, 2.24) is 0 Å². The topological polar surface area (TPSA) is 9.23 Å². The molecule has 0 spiro atoms. The third kappa shape index (κ3) is 12.4. The zero-order valence-electron chi connectivity index (χ0n) is 14.5. The van der Waals surface area contributed by atoms with Crippen molar-refractivity contribution < 1.29 is 4.74 Å². The second-order valence-corrected chi connectivity index (χ2v) is 7.17. The van der Waals surface area contributed by atoms with E-state index in [0.717, 1.165) is 19.1 Å². The quantitative estimate of drug-likeness (QED) is 0.524. The molecule has 0 aromatic heterocycles. The molecule has 0 aromatic rings. The van der Waals surface area contributed by atoms with Crippen molar-refractivity contribution in [2.24, 2.45) is 16.7 Å². The molecule has 1 heteroatoms. The second kappa shape index (κ2) is 9.83. The minimum Gasteiger partial charge on any atom is -0.380 e. The van der Waals surface area contributed by atoms with Crippen molar-refractivity contribution >= 4 is 0 Å². The lowest BCUT2D eigenvalue weighted by Crippen LogP contribution is -2.26. The molecular weight excluding hydrogens is 220 g/mol. The van der Waals surface area contributed by atoms with Gasteiger partial charge in [0.15, 0.2) is 0 Å². The molecule has 0 aliphatic carbocycles. The lowest BCUT2D eigenvalue weighted by Gasteiger charge is -2.30. The molecule has 0 rings (SSSR count). The first-order chi connectivity index (χ1) is 8.18. The van der Waals surface area contributed by atoms with Crippen LogP contribution >= 0.6 is 0 Å². The first-order valence-electron chi connectivity index (χ1n) is 7.76. The fourth-order valence-corrected chi connectivity index (χ4v) is 2.52. The van der Waals surface area contributed by atoms with Crippen LogP contribution in [0.2, 0.25) is 0 Å². The Bertz CT molecular complexity index is 180. The molecule has 0 bridgehead atoms. The Labute approximate surface area is 117 Å². The minimum atomic E-state index is 0.316. The molecule has 0 saturated carbocycles. The van der Waals surface area contributed by atoms with E-state index in [1.807, 2.05) is 13.8 Å². The highest BCUT2D eigenvalue weighted by Crippen LogP contribution is 2.28. The molecular formula is C17H38O. The molecule has 1 nitrogen and oxygen atoms in total. The Morgan fingerprint density at radius 3 is 1.72 bits per heavy atom. The molecule has 0 N–H and O–H groups in total. The Hall–Kier alpha value is -0.0400. The zero-order chi connectivity index (χ0) is 14.8. The van der Waals surface area contributed by atoms with Crippen LogP contribution in [-0.4, -0.2) is 13.2 Å². The van der Waals surface area contributed by atoms with E-state index in [1.165, 1.54) is 19.3 Å². The molecule has 0 aliphatic rings. The largest absolute Gasteiger partial charge is 0.380 e. The molecule has 0 heterocycles. The van der Waals surface area contributed by atoms with E-state index in [9.17, 15) is 0 Å². The average molecular weight is 258 g/mol. The third-order valence-electron chi connectivity index (χ3n) is 2.87. The normalized spacial score (nSPS) is 12.3. The van der Waals surface area contributed by atoms with E-state index in [4.69, 9.17) is 4.74 Å².